The number of rotatable bonds is 6. The Bertz CT molecular complexity index is 266. The van der Waals surface area contributed by atoms with Crippen LogP contribution in [0, 0.1) is 0 Å². The van der Waals surface area contributed by atoms with E-state index < -0.39 is 26.5 Å². The molecule has 4 nitrogen and oxygen atoms in total. The van der Waals surface area contributed by atoms with Crippen LogP contribution >= 0.6 is 7.82 Å². The molecule has 0 aliphatic heterocycles. The molecule has 0 saturated carbocycles. The molecule has 0 aromatic carbocycles. The van der Waals surface area contributed by atoms with Crippen LogP contribution in [0.2, 0.25) is 0 Å². The van der Waals surface area contributed by atoms with Crippen LogP contribution in [-0.4, -0.2) is 25.3 Å². The molecule has 0 aromatic heterocycles. The standard InChI is InChI=1S/C6H10F5O4P/c1-2-3-14-16(12,13)15-4-5(7,8)6(9,10)11/h2-4H2,1H3,(H,12,13)/p-1. The summed E-state index contributed by atoms with van der Waals surface area (Å²) in [5.74, 6) is -5.23. The molecule has 0 saturated heterocycles. The van der Waals surface area contributed by atoms with Gasteiger partial charge in [-0.1, -0.05) is 6.92 Å². The van der Waals surface area contributed by atoms with Crippen molar-refractivity contribution in [1.29, 1.82) is 0 Å². The lowest BCUT2D eigenvalue weighted by molar-refractivity contribution is -0.298. The molecule has 0 aliphatic rings. The van der Waals surface area contributed by atoms with E-state index >= 15 is 0 Å². The van der Waals surface area contributed by atoms with E-state index in [1.54, 1.807) is 0 Å². The third-order valence-electron chi connectivity index (χ3n) is 1.27. The molecule has 0 aromatic rings. The molecule has 1 unspecified atom stereocenters. The minimum absolute atomic E-state index is 0.241. The Labute approximate surface area is 88.0 Å². The molecular formula is C6H9F5O4P-. The molecule has 0 radical (unpaired) electrons. The highest BCUT2D eigenvalue weighted by atomic mass is 31.2. The second-order valence-electron chi connectivity index (χ2n) is 2.76. The third kappa shape index (κ3) is 5.20. The first-order valence-electron chi connectivity index (χ1n) is 4.06. The summed E-state index contributed by atoms with van der Waals surface area (Å²) in [6.07, 6.45) is -5.62. The van der Waals surface area contributed by atoms with E-state index in [4.69, 9.17) is 0 Å². The molecule has 10 heteroatoms. The Morgan fingerprint density at radius 2 is 1.69 bits per heavy atom. The smallest absolute Gasteiger partial charge is 0.455 e. The van der Waals surface area contributed by atoms with E-state index in [-0.39, 0.29) is 13.0 Å². The summed E-state index contributed by atoms with van der Waals surface area (Å²) in [4.78, 5) is 10.6. The Hall–Kier alpha value is -0.240. The van der Waals surface area contributed by atoms with Gasteiger partial charge in [-0.15, -0.1) is 0 Å². The molecule has 0 aliphatic carbocycles. The minimum atomic E-state index is -5.86. The number of halogens is 5. The lowest BCUT2D eigenvalue weighted by Gasteiger charge is -2.26. The van der Waals surface area contributed by atoms with Crippen LogP contribution in [-0.2, 0) is 13.6 Å². The van der Waals surface area contributed by atoms with Crippen molar-refractivity contribution in [3.63, 3.8) is 0 Å². The van der Waals surface area contributed by atoms with E-state index in [0.29, 0.717) is 0 Å². The fourth-order valence-electron chi connectivity index (χ4n) is 0.482. The topological polar surface area (TPSA) is 58.6 Å². The van der Waals surface area contributed by atoms with E-state index in [0.717, 1.165) is 0 Å². The molecule has 0 N–H and O–H groups in total. The molecule has 0 fully saturated rings. The monoisotopic (exact) mass is 271 g/mol. The van der Waals surface area contributed by atoms with E-state index in [9.17, 15) is 31.4 Å². The number of phosphoric ester groups is 1. The normalized spacial score (nSPS) is 17.2. The van der Waals surface area contributed by atoms with Gasteiger partial charge in [0.15, 0.2) is 0 Å². The predicted octanol–water partition coefficient (Wildman–Crippen LogP) is 2.10. The van der Waals surface area contributed by atoms with Crippen LogP contribution in [0.15, 0.2) is 0 Å². The molecule has 98 valence electrons. The van der Waals surface area contributed by atoms with Gasteiger partial charge in [0.25, 0.3) is 7.82 Å². The number of phosphoric acid groups is 1. The van der Waals surface area contributed by atoms with Crippen molar-refractivity contribution < 1.29 is 40.5 Å². The Kier molecular flexibility index (Phi) is 5.31. The van der Waals surface area contributed by atoms with Crippen LogP contribution < -0.4 is 4.89 Å². The average molecular weight is 271 g/mol. The highest BCUT2D eigenvalue weighted by Gasteiger charge is 2.58. The van der Waals surface area contributed by atoms with Crippen molar-refractivity contribution in [3.8, 4) is 0 Å². The first kappa shape index (κ1) is 15.8. The summed E-state index contributed by atoms with van der Waals surface area (Å²) in [5, 5.41) is 0. The lowest BCUT2D eigenvalue weighted by atomic mass is 10.3. The van der Waals surface area contributed by atoms with Crippen molar-refractivity contribution in [2.45, 2.75) is 25.4 Å². The maximum Gasteiger partial charge on any atom is 0.455 e. The molecule has 1 atom stereocenters. The van der Waals surface area contributed by atoms with Gasteiger partial charge in [-0.05, 0) is 6.42 Å². The van der Waals surface area contributed by atoms with Gasteiger partial charge in [0.1, 0.15) is 6.61 Å². The van der Waals surface area contributed by atoms with E-state index in [1.807, 2.05) is 0 Å². The van der Waals surface area contributed by atoms with Crippen molar-refractivity contribution >= 4 is 7.82 Å². The second kappa shape index (κ2) is 5.39. The Morgan fingerprint density at radius 3 is 2.06 bits per heavy atom. The maximum absolute atomic E-state index is 12.2. The molecule has 0 bridgehead atoms. The summed E-state index contributed by atoms with van der Waals surface area (Å²) in [6.45, 7) is -1.15. The summed E-state index contributed by atoms with van der Waals surface area (Å²) in [5.41, 5.74) is 0. The summed E-state index contributed by atoms with van der Waals surface area (Å²) in [6, 6.07) is 0. The van der Waals surface area contributed by atoms with Crippen LogP contribution in [0.1, 0.15) is 13.3 Å². The molecule has 16 heavy (non-hydrogen) atoms. The zero-order valence-corrected chi connectivity index (χ0v) is 8.99. The fourth-order valence-corrected chi connectivity index (χ4v) is 1.28. The average Bonchev–Trinajstić information content (AvgIpc) is 2.10. The quantitative estimate of drug-likeness (QED) is 0.548. The van der Waals surface area contributed by atoms with Crippen LogP contribution in [0.5, 0.6) is 0 Å². The number of alkyl halides is 5. The Morgan fingerprint density at radius 1 is 1.19 bits per heavy atom. The van der Waals surface area contributed by atoms with Crippen LogP contribution in [0.4, 0.5) is 22.0 Å². The largest absolute Gasteiger partial charge is 0.756 e. The predicted molar refractivity (Wildman–Crippen MR) is 40.8 cm³/mol. The second-order valence-corrected chi connectivity index (χ2v) is 4.17. The van der Waals surface area contributed by atoms with Gasteiger partial charge >= 0.3 is 12.1 Å². The first-order valence-corrected chi connectivity index (χ1v) is 5.52. The maximum atomic E-state index is 12.2. The van der Waals surface area contributed by atoms with Gasteiger partial charge < -0.3 is 13.9 Å². The van der Waals surface area contributed by atoms with Gasteiger partial charge in [-0.2, -0.15) is 22.0 Å². The lowest BCUT2D eigenvalue weighted by Crippen LogP contribution is -2.40. The van der Waals surface area contributed by atoms with Crippen LogP contribution in [0.3, 0.4) is 0 Å². The van der Waals surface area contributed by atoms with Gasteiger partial charge in [0, 0.05) is 0 Å². The summed E-state index contributed by atoms with van der Waals surface area (Å²) >= 11 is 0. The van der Waals surface area contributed by atoms with Gasteiger partial charge in [0.05, 0.1) is 6.61 Å². The summed E-state index contributed by atoms with van der Waals surface area (Å²) in [7, 11) is -5.11. The molecule has 0 spiro atoms. The highest BCUT2D eigenvalue weighted by Crippen LogP contribution is 2.43. The van der Waals surface area contributed by atoms with Crippen molar-refractivity contribution in [2.24, 2.45) is 0 Å². The fraction of sp³-hybridized carbons (Fsp3) is 1.00. The zero-order chi connectivity index (χ0) is 13.0. The van der Waals surface area contributed by atoms with Crippen molar-refractivity contribution in [2.75, 3.05) is 13.2 Å². The molecule has 0 heterocycles. The number of hydrogen-bond donors (Lipinski definition) is 0. The SMILES string of the molecule is CCCOP(=O)([O-])OCC(F)(F)C(F)(F)F. The summed E-state index contributed by atoms with van der Waals surface area (Å²) < 4.78 is 77.3. The molecule has 0 amide bonds. The molecule has 0 rings (SSSR count). The first-order chi connectivity index (χ1) is 7.02. The number of hydrogen-bond acceptors (Lipinski definition) is 4. The van der Waals surface area contributed by atoms with E-state index in [1.165, 1.54) is 6.92 Å². The zero-order valence-electron chi connectivity index (χ0n) is 8.09. The Balaban J connectivity index is 4.29. The van der Waals surface area contributed by atoms with Gasteiger partial charge in [0.2, 0.25) is 0 Å². The van der Waals surface area contributed by atoms with E-state index in [2.05, 4.69) is 9.05 Å². The third-order valence-corrected chi connectivity index (χ3v) is 2.22. The van der Waals surface area contributed by atoms with Crippen LogP contribution in [0.25, 0.3) is 0 Å². The van der Waals surface area contributed by atoms with Crippen molar-refractivity contribution in [1.82, 2.24) is 0 Å². The van der Waals surface area contributed by atoms with Gasteiger partial charge in [-0.3, -0.25) is 4.57 Å². The van der Waals surface area contributed by atoms with Crippen molar-refractivity contribution in [3.05, 3.63) is 0 Å². The molecular weight excluding hydrogens is 262 g/mol. The highest BCUT2D eigenvalue weighted by molar-refractivity contribution is 7.45. The minimum Gasteiger partial charge on any atom is -0.756 e. The van der Waals surface area contributed by atoms with Gasteiger partial charge in [-0.25, -0.2) is 0 Å².